The molecule has 1 aromatic carbocycles. The molecule has 1 fully saturated rings. The van der Waals surface area contributed by atoms with Crippen LogP contribution in [0.15, 0.2) is 24.3 Å². The highest BCUT2D eigenvalue weighted by Crippen LogP contribution is 2.40. The summed E-state index contributed by atoms with van der Waals surface area (Å²) in [4.78, 5) is 11.5. The molecular formula is C14H18O4. The Labute approximate surface area is 106 Å². The number of hydrogen-bond donors (Lipinski definition) is 3. The lowest BCUT2D eigenvalue weighted by Gasteiger charge is -2.35. The molecule has 98 valence electrons. The van der Waals surface area contributed by atoms with E-state index in [9.17, 15) is 20.1 Å². The molecule has 0 radical (unpaired) electrons. The quantitative estimate of drug-likeness (QED) is 0.766. The van der Waals surface area contributed by atoms with E-state index < -0.39 is 11.4 Å². The number of carbonyl (C=O) groups is 1. The average Bonchev–Trinajstić information content (AvgIpc) is 2.32. The number of aliphatic hydroxyl groups is 1. The molecule has 1 aliphatic rings. The summed E-state index contributed by atoms with van der Waals surface area (Å²) in [6, 6.07) is 6.73. The van der Waals surface area contributed by atoms with Gasteiger partial charge in [-0.3, -0.25) is 4.79 Å². The number of hydrogen-bond acceptors (Lipinski definition) is 3. The number of carboxylic acid groups (broad SMARTS) is 1. The third-order valence-corrected chi connectivity index (χ3v) is 3.82. The first-order valence-corrected chi connectivity index (χ1v) is 6.21. The van der Waals surface area contributed by atoms with Gasteiger partial charge in [0.15, 0.2) is 0 Å². The molecule has 4 heteroatoms. The Hall–Kier alpha value is -1.55. The molecule has 4 nitrogen and oxygen atoms in total. The van der Waals surface area contributed by atoms with Crippen molar-refractivity contribution in [3.05, 3.63) is 29.8 Å². The Bertz CT molecular complexity index is 433. The first-order chi connectivity index (χ1) is 8.52. The number of aliphatic hydroxyl groups excluding tert-OH is 1. The zero-order valence-corrected chi connectivity index (χ0v) is 10.2. The van der Waals surface area contributed by atoms with E-state index in [0.29, 0.717) is 32.1 Å². The second-order valence-corrected chi connectivity index (χ2v) is 5.16. The van der Waals surface area contributed by atoms with Gasteiger partial charge in [-0.05, 0) is 49.8 Å². The maximum absolute atomic E-state index is 11.5. The summed E-state index contributed by atoms with van der Waals surface area (Å²) in [5.41, 5.74) is 0.0290. The van der Waals surface area contributed by atoms with E-state index in [4.69, 9.17) is 0 Å². The summed E-state index contributed by atoms with van der Waals surface area (Å²) in [6.45, 7) is 0. The molecule has 0 aliphatic heterocycles. The topological polar surface area (TPSA) is 77.8 Å². The standard InChI is InChI=1S/C14H18O4/c15-11-4-6-14(7-5-11,13(17)18)9-10-2-1-3-12(16)8-10/h1-3,8,11,15-16H,4-7,9H2,(H,17,18). The first kappa shape index (κ1) is 12.9. The van der Waals surface area contributed by atoms with Crippen molar-refractivity contribution in [2.75, 3.05) is 0 Å². The van der Waals surface area contributed by atoms with Crippen molar-refractivity contribution in [2.24, 2.45) is 5.41 Å². The summed E-state index contributed by atoms with van der Waals surface area (Å²) < 4.78 is 0. The molecule has 1 aromatic rings. The van der Waals surface area contributed by atoms with E-state index in [2.05, 4.69) is 0 Å². The lowest BCUT2D eigenvalue weighted by Crippen LogP contribution is -2.38. The van der Waals surface area contributed by atoms with E-state index in [1.807, 2.05) is 6.07 Å². The van der Waals surface area contributed by atoms with Gasteiger partial charge < -0.3 is 15.3 Å². The van der Waals surface area contributed by atoms with Crippen LogP contribution in [-0.4, -0.2) is 27.4 Å². The fourth-order valence-electron chi connectivity index (χ4n) is 2.68. The van der Waals surface area contributed by atoms with E-state index in [-0.39, 0.29) is 11.9 Å². The average molecular weight is 250 g/mol. The Balaban J connectivity index is 2.19. The van der Waals surface area contributed by atoms with Crippen LogP contribution in [0, 0.1) is 5.41 Å². The van der Waals surface area contributed by atoms with Crippen molar-refractivity contribution in [3.8, 4) is 5.75 Å². The molecule has 0 aromatic heterocycles. The molecule has 0 amide bonds. The van der Waals surface area contributed by atoms with E-state index in [1.54, 1.807) is 18.2 Å². The van der Waals surface area contributed by atoms with Gasteiger partial charge in [-0.15, -0.1) is 0 Å². The van der Waals surface area contributed by atoms with E-state index in [0.717, 1.165) is 5.56 Å². The van der Waals surface area contributed by atoms with Crippen LogP contribution in [0.25, 0.3) is 0 Å². The molecule has 0 spiro atoms. The van der Waals surface area contributed by atoms with Gasteiger partial charge in [0.2, 0.25) is 0 Å². The van der Waals surface area contributed by atoms with Crippen LogP contribution in [0.5, 0.6) is 5.75 Å². The molecule has 0 saturated heterocycles. The summed E-state index contributed by atoms with van der Waals surface area (Å²) >= 11 is 0. The predicted octanol–water partition coefficient (Wildman–Crippen LogP) is 1.94. The van der Waals surface area contributed by atoms with Crippen molar-refractivity contribution >= 4 is 5.97 Å². The highest BCUT2D eigenvalue weighted by molar-refractivity contribution is 5.75. The zero-order valence-electron chi connectivity index (χ0n) is 10.2. The Morgan fingerprint density at radius 2 is 2.00 bits per heavy atom. The second-order valence-electron chi connectivity index (χ2n) is 5.16. The summed E-state index contributed by atoms with van der Waals surface area (Å²) in [7, 11) is 0. The molecule has 3 N–H and O–H groups in total. The van der Waals surface area contributed by atoms with Crippen molar-refractivity contribution in [3.63, 3.8) is 0 Å². The van der Waals surface area contributed by atoms with E-state index >= 15 is 0 Å². The van der Waals surface area contributed by atoms with Crippen LogP contribution >= 0.6 is 0 Å². The fraction of sp³-hybridized carbons (Fsp3) is 0.500. The number of aliphatic carboxylic acids is 1. The smallest absolute Gasteiger partial charge is 0.309 e. The molecular weight excluding hydrogens is 232 g/mol. The largest absolute Gasteiger partial charge is 0.508 e. The molecule has 0 heterocycles. The summed E-state index contributed by atoms with van der Waals surface area (Å²) in [5, 5.41) is 28.4. The van der Waals surface area contributed by atoms with Gasteiger partial charge in [0.25, 0.3) is 0 Å². The third-order valence-electron chi connectivity index (χ3n) is 3.82. The minimum absolute atomic E-state index is 0.156. The number of rotatable bonds is 3. The Morgan fingerprint density at radius 1 is 1.33 bits per heavy atom. The molecule has 1 aliphatic carbocycles. The van der Waals surface area contributed by atoms with Crippen molar-refractivity contribution in [2.45, 2.75) is 38.2 Å². The van der Waals surface area contributed by atoms with Crippen LogP contribution in [0.3, 0.4) is 0 Å². The summed E-state index contributed by atoms with van der Waals surface area (Å²) in [6.07, 6.45) is 2.07. The van der Waals surface area contributed by atoms with Crippen molar-refractivity contribution < 1.29 is 20.1 Å². The lowest BCUT2D eigenvalue weighted by molar-refractivity contribution is -0.152. The Morgan fingerprint density at radius 3 is 2.56 bits per heavy atom. The molecule has 0 atom stereocenters. The highest BCUT2D eigenvalue weighted by atomic mass is 16.4. The van der Waals surface area contributed by atoms with Crippen LogP contribution in [0.4, 0.5) is 0 Å². The van der Waals surface area contributed by atoms with E-state index in [1.165, 1.54) is 0 Å². The van der Waals surface area contributed by atoms with Gasteiger partial charge in [-0.25, -0.2) is 0 Å². The normalized spacial score (nSPS) is 27.9. The van der Waals surface area contributed by atoms with Gasteiger partial charge in [0, 0.05) is 0 Å². The number of carboxylic acids is 1. The minimum atomic E-state index is -0.808. The van der Waals surface area contributed by atoms with Gasteiger partial charge in [0.05, 0.1) is 11.5 Å². The van der Waals surface area contributed by atoms with Crippen LogP contribution < -0.4 is 0 Å². The second kappa shape index (κ2) is 4.98. The SMILES string of the molecule is O=C(O)C1(Cc2cccc(O)c2)CCC(O)CC1. The number of phenolic OH excluding ortho intramolecular Hbond substituents is 1. The number of phenols is 1. The van der Waals surface area contributed by atoms with Gasteiger partial charge in [-0.2, -0.15) is 0 Å². The monoisotopic (exact) mass is 250 g/mol. The molecule has 1 saturated carbocycles. The van der Waals surface area contributed by atoms with Crippen molar-refractivity contribution in [1.29, 1.82) is 0 Å². The maximum atomic E-state index is 11.5. The molecule has 18 heavy (non-hydrogen) atoms. The van der Waals surface area contributed by atoms with Gasteiger partial charge in [0.1, 0.15) is 5.75 Å². The van der Waals surface area contributed by atoms with Crippen molar-refractivity contribution in [1.82, 2.24) is 0 Å². The highest BCUT2D eigenvalue weighted by Gasteiger charge is 2.41. The van der Waals surface area contributed by atoms with Crippen LogP contribution in [0.1, 0.15) is 31.2 Å². The molecule has 0 unspecified atom stereocenters. The zero-order chi connectivity index (χ0) is 13.2. The summed E-state index contributed by atoms with van der Waals surface area (Å²) in [5.74, 6) is -0.651. The Kier molecular flexibility index (Phi) is 3.57. The number of benzene rings is 1. The predicted molar refractivity (Wildman–Crippen MR) is 66.4 cm³/mol. The maximum Gasteiger partial charge on any atom is 0.309 e. The fourth-order valence-corrected chi connectivity index (χ4v) is 2.68. The van der Waals surface area contributed by atoms with Gasteiger partial charge >= 0.3 is 5.97 Å². The minimum Gasteiger partial charge on any atom is -0.508 e. The third kappa shape index (κ3) is 2.64. The first-order valence-electron chi connectivity index (χ1n) is 6.21. The van der Waals surface area contributed by atoms with Gasteiger partial charge in [-0.1, -0.05) is 12.1 Å². The molecule has 0 bridgehead atoms. The molecule has 2 rings (SSSR count). The number of aromatic hydroxyl groups is 1. The van der Waals surface area contributed by atoms with Crippen LogP contribution in [0.2, 0.25) is 0 Å². The van der Waals surface area contributed by atoms with Crippen LogP contribution in [-0.2, 0) is 11.2 Å². The lowest BCUT2D eigenvalue weighted by atomic mass is 9.69.